The molecule has 0 saturated heterocycles. The van der Waals surface area contributed by atoms with E-state index in [2.05, 4.69) is 45.6 Å². The van der Waals surface area contributed by atoms with Gasteiger partial charge in [0.1, 0.15) is 4.34 Å². The second-order valence-corrected chi connectivity index (χ2v) is 6.43. The fourth-order valence-electron chi connectivity index (χ4n) is 1.92. The number of thiazole rings is 1. The van der Waals surface area contributed by atoms with Crippen LogP contribution in [-0.4, -0.2) is 21.2 Å². The summed E-state index contributed by atoms with van der Waals surface area (Å²) in [7, 11) is 0. The number of rotatable bonds is 4. The third-order valence-corrected chi connectivity index (χ3v) is 5.11. The molecule has 6 heteroatoms. The first-order valence-corrected chi connectivity index (χ1v) is 8.46. The normalized spacial score (nSPS) is 10.6. The highest BCUT2D eigenvalue weighted by atomic mass is 32.2. The van der Waals surface area contributed by atoms with Crippen molar-refractivity contribution in [1.29, 1.82) is 0 Å². The Morgan fingerprint density at radius 1 is 1.10 bits per heavy atom. The fraction of sp³-hybridized carbons (Fsp3) is 0.133. The van der Waals surface area contributed by atoms with Gasteiger partial charge in [0.25, 0.3) is 0 Å². The Morgan fingerprint density at radius 3 is 2.43 bits per heavy atom. The van der Waals surface area contributed by atoms with Crippen molar-refractivity contribution in [3.05, 3.63) is 48.4 Å². The molecule has 0 aliphatic heterocycles. The Kier molecular flexibility index (Phi) is 4.17. The van der Waals surface area contributed by atoms with Crippen LogP contribution in [-0.2, 0) is 0 Å². The monoisotopic (exact) mass is 314 g/mol. The lowest BCUT2D eigenvalue weighted by Gasteiger charge is -2.05. The summed E-state index contributed by atoms with van der Waals surface area (Å²) in [6.07, 6.45) is 5.48. The molecule has 0 saturated carbocycles. The standard InChI is InChI=1S/C15H14N4S2/c1-10-13(21-15(18-10)20-2)11-4-6-12(7-5-11)19-14-16-8-3-9-17-14/h3-9H,1-2H3,(H,16,17,19). The summed E-state index contributed by atoms with van der Waals surface area (Å²) < 4.78 is 1.10. The molecule has 0 bridgehead atoms. The third kappa shape index (κ3) is 3.22. The van der Waals surface area contributed by atoms with E-state index in [1.54, 1.807) is 41.6 Å². The molecule has 2 aromatic heterocycles. The predicted octanol–water partition coefficient (Wildman–Crippen LogP) is 4.37. The van der Waals surface area contributed by atoms with Crippen molar-refractivity contribution in [2.45, 2.75) is 11.3 Å². The molecular weight excluding hydrogens is 300 g/mol. The summed E-state index contributed by atoms with van der Waals surface area (Å²) in [5, 5.41) is 3.18. The molecule has 2 heterocycles. The van der Waals surface area contributed by atoms with Crippen LogP contribution in [0.5, 0.6) is 0 Å². The van der Waals surface area contributed by atoms with E-state index in [1.807, 2.05) is 12.1 Å². The van der Waals surface area contributed by atoms with Gasteiger partial charge in [-0.15, -0.1) is 11.3 Å². The van der Waals surface area contributed by atoms with E-state index >= 15 is 0 Å². The third-order valence-electron chi connectivity index (χ3n) is 2.92. The number of thioether (sulfide) groups is 1. The molecule has 0 radical (unpaired) electrons. The molecule has 0 atom stereocenters. The summed E-state index contributed by atoms with van der Waals surface area (Å²) in [6, 6.07) is 10.0. The lowest BCUT2D eigenvalue weighted by Crippen LogP contribution is -1.95. The van der Waals surface area contributed by atoms with Gasteiger partial charge >= 0.3 is 0 Å². The van der Waals surface area contributed by atoms with Gasteiger partial charge < -0.3 is 5.32 Å². The molecule has 0 aliphatic carbocycles. The number of aryl methyl sites for hydroxylation is 1. The van der Waals surface area contributed by atoms with Crippen molar-refractivity contribution in [2.75, 3.05) is 11.6 Å². The Hall–Kier alpha value is -1.92. The van der Waals surface area contributed by atoms with Crippen LogP contribution in [0.15, 0.2) is 47.1 Å². The Labute approximate surface area is 131 Å². The van der Waals surface area contributed by atoms with Gasteiger partial charge in [0, 0.05) is 18.1 Å². The van der Waals surface area contributed by atoms with Crippen molar-refractivity contribution in [3.63, 3.8) is 0 Å². The van der Waals surface area contributed by atoms with Gasteiger partial charge in [0.05, 0.1) is 10.6 Å². The number of anilines is 2. The van der Waals surface area contributed by atoms with E-state index < -0.39 is 0 Å². The first-order valence-electron chi connectivity index (χ1n) is 6.42. The SMILES string of the molecule is CSc1nc(C)c(-c2ccc(Nc3ncccn3)cc2)s1. The van der Waals surface area contributed by atoms with Crippen LogP contribution >= 0.6 is 23.1 Å². The van der Waals surface area contributed by atoms with E-state index in [-0.39, 0.29) is 0 Å². The summed E-state index contributed by atoms with van der Waals surface area (Å²) in [6.45, 7) is 2.05. The Bertz CT molecular complexity index is 723. The van der Waals surface area contributed by atoms with Crippen LogP contribution < -0.4 is 5.32 Å². The van der Waals surface area contributed by atoms with Crippen LogP contribution in [0.3, 0.4) is 0 Å². The van der Waals surface area contributed by atoms with Gasteiger partial charge in [0.2, 0.25) is 5.95 Å². The molecule has 1 aromatic carbocycles. The van der Waals surface area contributed by atoms with Crippen molar-refractivity contribution in [2.24, 2.45) is 0 Å². The topological polar surface area (TPSA) is 50.7 Å². The fourth-order valence-corrected chi connectivity index (χ4v) is 3.54. The maximum atomic E-state index is 4.54. The summed E-state index contributed by atoms with van der Waals surface area (Å²) >= 11 is 3.41. The second-order valence-electron chi connectivity index (χ2n) is 4.37. The van der Waals surface area contributed by atoms with Gasteiger partial charge in [-0.2, -0.15) is 0 Å². The minimum absolute atomic E-state index is 0.601. The second kappa shape index (κ2) is 6.24. The molecule has 106 valence electrons. The van der Waals surface area contributed by atoms with E-state index in [1.165, 1.54) is 10.4 Å². The molecule has 0 unspecified atom stereocenters. The molecular formula is C15H14N4S2. The number of nitrogens with zero attached hydrogens (tertiary/aromatic N) is 3. The molecule has 1 N–H and O–H groups in total. The van der Waals surface area contributed by atoms with E-state index in [9.17, 15) is 0 Å². The molecule has 4 nitrogen and oxygen atoms in total. The average molecular weight is 314 g/mol. The minimum atomic E-state index is 0.601. The lowest BCUT2D eigenvalue weighted by molar-refractivity contribution is 1.16. The van der Waals surface area contributed by atoms with Crippen molar-refractivity contribution in [1.82, 2.24) is 15.0 Å². The van der Waals surface area contributed by atoms with Gasteiger partial charge in [0.15, 0.2) is 0 Å². The van der Waals surface area contributed by atoms with E-state index in [4.69, 9.17) is 0 Å². The quantitative estimate of drug-likeness (QED) is 0.724. The average Bonchev–Trinajstić information content (AvgIpc) is 2.90. The zero-order valence-corrected chi connectivity index (χ0v) is 13.3. The molecule has 3 rings (SSSR count). The summed E-state index contributed by atoms with van der Waals surface area (Å²) in [5.41, 5.74) is 3.23. The van der Waals surface area contributed by atoms with Crippen LogP contribution in [0.2, 0.25) is 0 Å². The zero-order valence-electron chi connectivity index (χ0n) is 11.7. The number of nitrogens with one attached hydrogen (secondary N) is 1. The van der Waals surface area contributed by atoms with E-state index in [0.29, 0.717) is 5.95 Å². The number of benzene rings is 1. The van der Waals surface area contributed by atoms with Gasteiger partial charge in [-0.3, -0.25) is 0 Å². The van der Waals surface area contributed by atoms with Crippen LogP contribution in [0, 0.1) is 6.92 Å². The largest absolute Gasteiger partial charge is 0.324 e. The van der Waals surface area contributed by atoms with Gasteiger partial charge in [-0.25, -0.2) is 15.0 Å². The van der Waals surface area contributed by atoms with Gasteiger partial charge in [-0.05, 0) is 36.9 Å². The first-order chi connectivity index (χ1) is 10.3. The molecule has 3 aromatic rings. The van der Waals surface area contributed by atoms with Crippen molar-refractivity contribution < 1.29 is 0 Å². The highest BCUT2D eigenvalue weighted by Gasteiger charge is 2.09. The Balaban J connectivity index is 1.82. The van der Waals surface area contributed by atoms with Crippen molar-refractivity contribution >= 4 is 34.7 Å². The van der Waals surface area contributed by atoms with E-state index in [0.717, 1.165) is 15.7 Å². The maximum Gasteiger partial charge on any atom is 0.227 e. The van der Waals surface area contributed by atoms with Crippen LogP contribution in [0.4, 0.5) is 11.6 Å². The highest BCUT2D eigenvalue weighted by Crippen LogP contribution is 2.34. The molecule has 21 heavy (non-hydrogen) atoms. The minimum Gasteiger partial charge on any atom is -0.324 e. The maximum absolute atomic E-state index is 4.54. The Morgan fingerprint density at radius 2 is 1.81 bits per heavy atom. The van der Waals surface area contributed by atoms with Gasteiger partial charge in [-0.1, -0.05) is 23.9 Å². The summed E-state index contributed by atoms with van der Waals surface area (Å²) in [4.78, 5) is 14.1. The molecule has 0 amide bonds. The molecule has 0 aliphatic rings. The molecule has 0 fully saturated rings. The van der Waals surface area contributed by atoms with Crippen molar-refractivity contribution in [3.8, 4) is 10.4 Å². The van der Waals surface area contributed by atoms with Crippen LogP contribution in [0.1, 0.15) is 5.69 Å². The number of hydrogen-bond donors (Lipinski definition) is 1. The number of hydrogen-bond acceptors (Lipinski definition) is 6. The zero-order chi connectivity index (χ0) is 14.7. The highest BCUT2D eigenvalue weighted by molar-refractivity contribution is 8.00. The van der Waals surface area contributed by atoms with Crippen LogP contribution in [0.25, 0.3) is 10.4 Å². The lowest BCUT2D eigenvalue weighted by atomic mass is 10.1. The predicted molar refractivity (Wildman–Crippen MR) is 89.4 cm³/mol. The summed E-state index contributed by atoms with van der Waals surface area (Å²) in [5.74, 6) is 0.601. The first kappa shape index (κ1) is 14.0. The smallest absolute Gasteiger partial charge is 0.227 e. The molecule has 0 spiro atoms. The number of aromatic nitrogens is 3.